The number of nitrogens with one attached hydrogen (secondary N) is 2. The molecule has 0 radical (unpaired) electrons. The van der Waals surface area contributed by atoms with Crippen molar-refractivity contribution in [3.8, 4) is 0 Å². The molecule has 19 heavy (non-hydrogen) atoms. The van der Waals surface area contributed by atoms with E-state index >= 15 is 0 Å². The van der Waals surface area contributed by atoms with Crippen LogP contribution in [0.3, 0.4) is 0 Å². The summed E-state index contributed by atoms with van der Waals surface area (Å²) in [5.41, 5.74) is 0. The van der Waals surface area contributed by atoms with Crippen LogP contribution in [0.5, 0.6) is 0 Å². The summed E-state index contributed by atoms with van der Waals surface area (Å²) in [5, 5.41) is 5.30. The largest absolute Gasteiger partial charge is 0.335 e. The summed E-state index contributed by atoms with van der Waals surface area (Å²) in [7, 11) is 0. The Morgan fingerprint density at radius 2 is 1.89 bits per heavy atom. The lowest BCUT2D eigenvalue weighted by Gasteiger charge is -2.30. The smallest absolute Gasteiger partial charge is 0.321 e. The Morgan fingerprint density at radius 1 is 1.16 bits per heavy atom. The van der Waals surface area contributed by atoms with E-state index in [1.54, 1.807) is 0 Å². The number of likely N-dealkylation sites (tertiary alicyclic amines) is 1. The second kappa shape index (κ2) is 6.89. The van der Waals surface area contributed by atoms with Crippen molar-refractivity contribution < 1.29 is 9.59 Å². The summed E-state index contributed by atoms with van der Waals surface area (Å²) >= 11 is 0. The quantitative estimate of drug-likeness (QED) is 0.814. The van der Waals surface area contributed by atoms with Crippen molar-refractivity contribution in [1.29, 1.82) is 0 Å². The SMILES string of the molecule is C[C@@H]1CCCN(CC(=O)NC(=O)NC2CCCC2)C1. The summed E-state index contributed by atoms with van der Waals surface area (Å²) in [6.45, 7) is 4.46. The van der Waals surface area contributed by atoms with Crippen LogP contribution in [0.4, 0.5) is 4.79 Å². The summed E-state index contributed by atoms with van der Waals surface area (Å²) < 4.78 is 0. The van der Waals surface area contributed by atoms with Crippen LogP contribution in [0.2, 0.25) is 0 Å². The van der Waals surface area contributed by atoms with Gasteiger partial charge in [0, 0.05) is 12.6 Å². The molecule has 1 saturated carbocycles. The van der Waals surface area contributed by atoms with Gasteiger partial charge in [-0.05, 0) is 38.1 Å². The highest BCUT2D eigenvalue weighted by atomic mass is 16.2. The maximum Gasteiger partial charge on any atom is 0.321 e. The molecule has 108 valence electrons. The maximum atomic E-state index is 11.8. The van der Waals surface area contributed by atoms with Gasteiger partial charge in [0.1, 0.15) is 0 Å². The number of hydrogen-bond donors (Lipinski definition) is 2. The van der Waals surface area contributed by atoms with Crippen molar-refractivity contribution >= 4 is 11.9 Å². The summed E-state index contributed by atoms with van der Waals surface area (Å²) in [6.07, 6.45) is 6.79. The van der Waals surface area contributed by atoms with Gasteiger partial charge in [-0.15, -0.1) is 0 Å². The number of amides is 3. The van der Waals surface area contributed by atoms with Crippen LogP contribution in [0.15, 0.2) is 0 Å². The zero-order chi connectivity index (χ0) is 13.7. The molecule has 0 aromatic carbocycles. The first-order chi connectivity index (χ1) is 9.13. The minimum Gasteiger partial charge on any atom is -0.335 e. The van der Waals surface area contributed by atoms with Crippen molar-refractivity contribution in [1.82, 2.24) is 15.5 Å². The molecule has 1 heterocycles. The molecule has 0 unspecified atom stereocenters. The summed E-state index contributed by atoms with van der Waals surface area (Å²) in [6, 6.07) is -0.0789. The number of carbonyl (C=O) groups is 2. The molecule has 0 bridgehead atoms. The number of nitrogens with zero attached hydrogens (tertiary/aromatic N) is 1. The van der Waals surface area contributed by atoms with Gasteiger partial charge in [-0.1, -0.05) is 19.8 Å². The number of piperidine rings is 1. The second-order valence-corrected chi connectivity index (χ2v) is 5.99. The molecule has 2 aliphatic rings. The van der Waals surface area contributed by atoms with Crippen molar-refractivity contribution in [2.75, 3.05) is 19.6 Å². The van der Waals surface area contributed by atoms with Gasteiger partial charge < -0.3 is 5.32 Å². The van der Waals surface area contributed by atoms with Gasteiger partial charge in [-0.2, -0.15) is 0 Å². The Bertz CT molecular complexity index is 327. The average Bonchev–Trinajstić information content (AvgIpc) is 2.81. The molecule has 0 aromatic rings. The molecule has 2 N–H and O–H groups in total. The summed E-state index contributed by atoms with van der Waals surface area (Å²) in [5.74, 6) is 0.457. The molecule has 1 atom stereocenters. The molecule has 2 rings (SSSR count). The zero-order valence-corrected chi connectivity index (χ0v) is 11.8. The lowest BCUT2D eigenvalue weighted by molar-refractivity contribution is -0.121. The van der Waals surface area contributed by atoms with E-state index in [0.717, 1.165) is 32.4 Å². The number of urea groups is 1. The van der Waals surface area contributed by atoms with Gasteiger partial charge in [0.2, 0.25) is 5.91 Å². The molecular formula is C14H25N3O2. The van der Waals surface area contributed by atoms with Gasteiger partial charge in [0.25, 0.3) is 0 Å². The number of imide groups is 1. The molecule has 5 heteroatoms. The predicted octanol–water partition coefficient (Wildman–Crippen LogP) is 1.49. The Hall–Kier alpha value is -1.10. The van der Waals surface area contributed by atoms with Crippen LogP contribution in [0.25, 0.3) is 0 Å². The van der Waals surface area contributed by atoms with Gasteiger partial charge >= 0.3 is 6.03 Å². The highest BCUT2D eigenvalue weighted by molar-refractivity contribution is 5.95. The molecule has 1 saturated heterocycles. The monoisotopic (exact) mass is 267 g/mol. The fourth-order valence-corrected chi connectivity index (χ4v) is 3.09. The van der Waals surface area contributed by atoms with Crippen LogP contribution < -0.4 is 10.6 Å². The van der Waals surface area contributed by atoms with E-state index in [4.69, 9.17) is 0 Å². The highest BCUT2D eigenvalue weighted by Crippen LogP contribution is 2.17. The zero-order valence-electron chi connectivity index (χ0n) is 11.8. The molecule has 1 aliphatic carbocycles. The highest BCUT2D eigenvalue weighted by Gasteiger charge is 2.21. The fraction of sp³-hybridized carbons (Fsp3) is 0.857. The topological polar surface area (TPSA) is 61.4 Å². The van der Waals surface area contributed by atoms with E-state index in [9.17, 15) is 9.59 Å². The van der Waals surface area contributed by atoms with Crippen molar-refractivity contribution in [3.05, 3.63) is 0 Å². The van der Waals surface area contributed by atoms with Gasteiger partial charge in [-0.25, -0.2) is 4.79 Å². The van der Waals surface area contributed by atoms with E-state index in [1.165, 1.54) is 19.3 Å². The first-order valence-corrected chi connectivity index (χ1v) is 7.46. The van der Waals surface area contributed by atoms with Crippen LogP contribution in [0, 0.1) is 5.92 Å². The van der Waals surface area contributed by atoms with E-state index in [0.29, 0.717) is 12.5 Å². The Balaban J connectivity index is 1.66. The lowest BCUT2D eigenvalue weighted by Crippen LogP contribution is -2.48. The maximum absolute atomic E-state index is 11.8. The first-order valence-electron chi connectivity index (χ1n) is 7.46. The third kappa shape index (κ3) is 4.82. The van der Waals surface area contributed by atoms with Crippen LogP contribution in [-0.2, 0) is 4.79 Å². The molecule has 2 fully saturated rings. The van der Waals surface area contributed by atoms with Gasteiger partial charge in [-0.3, -0.25) is 15.0 Å². The molecule has 0 spiro atoms. The predicted molar refractivity (Wildman–Crippen MR) is 73.8 cm³/mol. The van der Waals surface area contributed by atoms with Crippen LogP contribution in [-0.4, -0.2) is 42.5 Å². The van der Waals surface area contributed by atoms with E-state index in [1.807, 2.05) is 0 Å². The number of hydrogen-bond acceptors (Lipinski definition) is 3. The second-order valence-electron chi connectivity index (χ2n) is 5.99. The lowest BCUT2D eigenvalue weighted by atomic mass is 10.0. The standard InChI is InChI=1S/C14H25N3O2/c1-11-5-4-8-17(9-11)10-13(18)16-14(19)15-12-6-2-3-7-12/h11-12H,2-10H2,1H3,(H2,15,16,18,19)/t11-/m1/s1. The number of rotatable bonds is 3. The molecule has 3 amide bonds. The normalized spacial score (nSPS) is 25.2. The third-order valence-corrected chi connectivity index (χ3v) is 4.05. The van der Waals surface area contributed by atoms with E-state index in [-0.39, 0.29) is 18.0 Å². The van der Waals surface area contributed by atoms with Crippen molar-refractivity contribution in [3.63, 3.8) is 0 Å². The van der Waals surface area contributed by atoms with Crippen LogP contribution in [0.1, 0.15) is 45.4 Å². The molecular weight excluding hydrogens is 242 g/mol. The fourth-order valence-electron chi connectivity index (χ4n) is 3.09. The number of carbonyl (C=O) groups excluding carboxylic acids is 2. The van der Waals surface area contributed by atoms with Gasteiger partial charge in [0.05, 0.1) is 6.54 Å². The van der Waals surface area contributed by atoms with E-state index in [2.05, 4.69) is 22.5 Å². The Labute approximate surface area is 115 Å². The van der Waals surface area contributed by atoms with E-state index < -0.39 is 0 Å². The van der Waals surface area contributed by atoms with Gasteiger partial charge in [0.15, 0.2) is 0 Å². The summed E-state index contributed by atoms with van der Waals surface area (Å²) in [4.78, 5) is 25.6. The Kier molecular flexibility index (Phi) is 5.19. The first kappa shape index (κ1) is 14.3. The minimum absolute atomic E-state index is 0.190. The average molecular weight is 267 g/mol. The molecule has 1 aliphatic heterocycles. The Morgan fingerprint density at radius 3 is 2.58 bits per heavy atom. The minimum atomic E-state index is -0.332. The van der Waals surface area contributed by atoms with Crippen molar-refractivity contribution in [2.45, 2.75) is 51.5 Å². The van der Waals surface area contributed by atoms with Crippen LogP contribution >= 0.6 is 0 Å². The third-order valence-electron chi connectivity index (χ3n) is 4.05. The molecule has 5 nitrogen and oxygen atoms in total. The molecule has 0 aromatic heterocycles. The van der Waals surface area contributed by atoms with Crippen molar-refractivity contribution in [2.24, 2.45) is 5.92 Å².